The third kappa shape index (κ3) is 2.90. The van der Waals surface area contributed by atoms with Crippen LogP contribution in [-0.2, 0) is 13.0 Å². The normalized spacial score (nSPS) is 14.3. The summed E-state index contributed by atoms with van der Waals surface area (Å²) in [6.07, 6.45) is 1.25. The van der Waals surface area contributed by atoms with Gasteiger partial charge in [-0.2, -0.15) is 5.26 Å². The van der Waals surface area contributed by atoms with E-state index < -0.39 is 23.5 Å². The minimum atomic E-state index is -0.772. The molecule has 3 heterocycles. The van der Waals surface area contributed by atoms with Crippen molar-refractivity contribution in [3.05, 3.63) is 81.4 Å². The molecule has 1 aromatic heterocycles. The maximum atomic E-state index is 13.7. The first-order valence-electron chi connectivity index (χ1n) is 9.81. The van der Waals surface area contributed by atoms with Gasteiger partial charge in [0.25, 0.3) is 17.7 Å². The van der Waals surface area contributed by atoms with Gasteiger partial charge in [0.1, 0.15) is 23.3 Å². The lowest BCUT2D eigenvalue weighted by molar-refractivity contribution is 0.0926. The highest BCUT2D eigenvalue weighted by molar-refractivity contribution is 6.36. The molecule has 0 spiro atoms. The number of nitrogens with zero attached hydrogens (tertiary/aromatic N) is 3. The highest BCUT2D eigenvalue weighted by Gasteiger charge is 2.43. The van der Waals surface area contributed by atoms with E-state index in [0.717, 1.165) is 23.5 Å². The zero-order valence-corrected chi connectivity index (χ0v) is 17.2. The van der Waals surface area contributed by atoms with E-state index in [1.54, 1.807) is 28.8 Å². The molecule has 158 valence electrons. The van der Waals surface area contributed by atoms with Crippen LogP contribution < -0.4 is 10.2 Å². The van der Waals surface area contributed by atoms with Gasteiger partial charge in [-0.05, 0) is 55.3 Å². The summed E-state index contributed by atoms with van der Waals surface area (Å²) in [5, 5.41) is 13.1. The van der Waals surface area contributed by atoms with E-state index in [9.17, 15) is 24.0 Å². The summed E-state index contributed by atoms with van der Waals surface area (Å²) >= 11 is 5.90. The van der Waals surface area contributed by atoms with E-state index in [2.05, 4.69) is 11.4 Å². The second-order valence-electron chi connectivity index (χ2n) is 7.48. The average molecular weight is 449 g/mol. The molecule has 3 amide bonds. The summed E-state index contributed by atoms with van der Waals surface area (Å²) in [7, 11) is 0. The zero-order chi connectivity index (χ0) is 22.6. The van der Waals surface area contributed by atoms with E-state index in [1.807, 2.05) is 0 Å². The van der Waals surface area contributed by atoms with Crippen molar-refractivity contribution in [2.75, 3.05) is 10.2 Å². The van der Waals surface area contributed by atoms with E-state index in [4.69, 9.17) is 11.6 Å². The molecule has 0 saturated carbocycles. The predicted molar refractivity (Wildman–Crippen MR) is 114 cm³/mol. The summed E-state index contributed by atoms with van der Waals surface area (Å²) in [5.41, 5.74) is 1.04. The fourth-order valence-corrected chi connectivity index (χ4v) is 4.40. The monoisotopic (exact) mass is 448 g/mol. The largest absolute Gasteiger partial charge is 0.337 e. The number of anilines is 2. The molecule has 32 heavy (non-hydrogen) atoms. The Morgan fingerprint density at radius 1 is 1.09 bits per heavy atom. The first-order chi connectivity index (χ1) is 15.4. The molecule has 2 aromatic carbocycles. The van der Waals surface area contributed by atoms with Crippen molar-refractivity contribution in [2.45, 2.75) is 19.4 Å². The van der Waals surface area contributed by atoms with Gasteiger partial charge in [-0.15, -0.1) is 0 Å². The van der Waals surface area contributed by atoms with E-state index in [-0.39, 0.29) is 28.1 Å². The van der Waals surface area contributed by atoms with Crippen LogP contribution in [0.15, 0.2) is 42.5 Å². The zero-order valence-electron chi connectivity index (χ0n) is 16.5. The smallest absolute Gasteiger partial charge is 0.274 e. The number of benzene rings is 2. The van der Waals surface area contributed by atoms with Gasteiger partial charge in [0.2, 0.25) is 0 Å². The van der Waals surface area contributed by atoms with Crippen LogP contribution in [0.4, 0.5) is 15.8 Å². The molecule has 7 nitrogen and oxygen atoms in total. The van der Waals surface area contributed by atoms with Crippen LogP contribution in [0.25, 0.3) is 0 Å². The molecular formula is C23H14ClFN4O3. The number of rotatable bonds is 3. The Morgan fingerprint density at radius 3 is 2.53 bits per heavy atom. The molecule has 0 unspecified atom stereocenters. The Morgan fingerprint density at radius 2 is 1.81 bits per heavy atom. The van der Waals surface area contributed by atoms with Crippen molar-refractivity contribution in [3.8, 4) is 6.07 Å². The molecular weight excluding hydrogens is 435 g/mol. The molecule has 5 rings (SSSR count). The lowest BCUT2D eigenvalue weighted by atomic mass is 10.1. The lowest BCUT2D eigenvalue weighted by Crippen LogP contribution is -2.32. The molecule has 1 N–H and O–H groups in total. The van der Waals surface area contributed by atoms with Crippen LogP contribution >= 0.6 is 11.6 Å². The number of halogens is 2. The van der Waals surface area contributed by atoms with Gasteiger partial charge >= 0.3 is 0 Å². The standard InChI is InChI=1S/C23H14ClFN4O3/c24-12-3-6-14(7-4-12)27-21(30)20-19(17(11-26)18-2-1-9-28(18)20)29-22(31)15-8-5-13(25)10-16(15)23(29)32/h3-8,10H,1-2,9H2,(H,27,30). The van der Waals surface area contributed by atoms with Gasteiger partial charge in [-0.25, -0.2) is 9.29 Å². The second-order valence-corrected chi connectivity index (χ2v) is 7.92. The molecule has 0 bridgehead atoms. The summed E-state index contributed by atoms with van der Waals surface area (Å²) in [5.74, 6) is -2.71. The van der Waals surface area contributed by atoms with Gasteiger partial charge < -0.3 is 9.88 Å². The molecule has 2 aliphatic heterocycles. The maximum Gasteiger partial charge on any atom is 0.274 e. The van der Waals surface area contributed by atoms with Crippen LogP contribution in [0, 0.1) is 17.1 Å². The van der Waals surface area contributed by atoms with Gasteiger partial charge in [0.15, 0.2) is 0 Å². The van der Waals surface area contributed by atoms with Gasteiger partial charge in [0.05, 0.1) is 16.7 Å². The highest BCUT2D eigenvalue weighted by atomic mass is 35.5. The average Bonchev–Trinajstić information content (AvgIpc) is 3.41. The third-order valence-corrected chi connectivity index (χ3v) is 5.89. The molecule has 3 aromatic rings. The Kier molecular flexibility index (Phi) is 4.57. The second kappa shape index (κ2) is 7.32. The van der Waals surface area contributed by atoms with Crippen molar-refractivity contribution in [2.24, 2.45) is 0 Å². The first kappa shape index (κ1) is 20.0. The number of amides is 3. The number of aromatic nitrogens is 1. The van der Waals surface area contributed by atoms with E-state index in [0.29, 0.717) is 29.4 Å². The number of nitriles is 1. The van der Waals surface area contributed by atoms with Gasteiger partial charge in [0, 0.05) is 22.9 Å². The molecule has 0 atom stereocenters. The molecule has 9 heteroatoms. The Hall–Kier alpha value is -3.96. The Balaban J connectivity index is 1.66. The number of hydrogen-bond donors (Lipinski definition) is 1. The van der Waals surface area contributed by atoms with Crippen molar-refractivity contribution in [1.82, 2.24) is 4.57 Å². The lowest BCUT2D eigenvalue weighted by Gasteiger charge is -2.17. The van der Waals surface area contributed by atoms with Crippen molar-refractivity contribution >= 4 is 40.7 Å². The molecule has 0 radical (unpaired) electrons. The fourth-order valence-electron chi connectivity index (χ4n) is 4.27. The van der Waals surface area contributed by atoms with Crippen LogP contribution in [0.2, 0.25) is 5.02 Å². The van der Waals surface area contributed by atoms with Crippen molar-refractivity contribution in [3.63, 3.8) is 0 Å². The number of carbonyl (C=O) groups excluding carboxylic acids is 3. The van der Waals surface area contributed by atoms with Crippen LogP contribution in [0.1, 0.15) is 48.9 Å². The quantitative estimate of drug-likeness (QED) is 0.609. The van der Waals surface area contributed by atoms with E-state index in [1.165, 1.54) is 6.07 Å². The Labute approximate surface area is 186 Å². The van der Waals surface area contributed by atoms with Crippen molar-refractivity contribution in [1.29, 1.82) is 5.26 Å². The summed E-state index contributed by atoms with van der Waals surface area (Å²) in [4.78, 5) is 40.3. The third-order valence-electron chi connectivity index (χ3n) is 5.64. The minimum Gasteiger partial charge on any atom is -0.337 e. The molecule has 0 saturated heterocycles. The topological polar surface area (TPSA) is 95.2 Å². The number of nitrogens with one attached hydrogen (secondary N) is 1. The number of hydrogen-bond acceptors (Lipinski definition) is 4. The molecule has 0 aliphatic carbocycles. The van der Waals surface area contributed by atoms with Crippen LogP contribution in [0.5, 0.6) is 0 Å². The van der Waals surface area contributed by atoms with Crippen LogP contribution in [-0.4, -0.2) is 22.3 Å². The first-order valence-corrected chi connectivity index (χ1v) is 10.2. The summed E-state index contributed by atoms with van der Waals surface area (Å²) in [6.45, 7) is 0.463. The van der Waals surface area contributed by atoms with Crippen LogP contribution in [0.3, 0.4) is 0 Å². The number of fused-ring (bicyclic) bond motifs is 2. The number of carbonyl (C=O) groups is 3. The molecule has 2 aliphatic rings. The van der Waals surface area contributed by atoms with Gasteiger partial charge in [-0.1, -0.05) is 11.6 Å². The summed E-state index contributed by atoms with van der Waals surface area (Å²) in [6, 6.07) is 11.8. The van der Waals surface area contributed by atoms with E-state index >= 15 is 0 Å². The molecule has 0 fully saturated rings. The summed E-state index contributed by atoms with van der Waals surface area (Å²) < 4.78 is 15.4. The minimum absolute atomic E-state index is 0.0238. The number of imide groups is 1. The van der Waals surface area contributed by atoms with Gasteiger partial charge in [-0.3, -0.25) is 14.4 Å². The predicted octanol–water partition coefficient (Wildman–Crippen LogP) is 4.15. The fraction of sp³-hybridized carbons (Fsp3) is 0.130. The maximum absolute atomic E-state index is 13.7. The Bertz CT molecular complexity index is 1370. The highest BCUT2D eigenvalue weighted by Crippen LogP contribution is 2.39. The SMILES string of the molecule is N#Cc1c(N2C(=O)c3ccc(F)cc3C2=O)c(C(=O)Nc2ccc(Cl)cc2)n2c1CCC2. The van der Waals surface area contributed by atoms with Crippen molar-refractivity contribution < 1.29 is 18.8 Å².